The quantitative estimate of drug-likeness (QED) is 0.783. The first-order chi connectivity index (χ1) is 7.83. The molecule has 0 bridgehead atoms. The monoisotopic (exact) mass is 218 g/mol. The van der Waals surface area contributed by atoms with Crippen molar-refractivity contribution in [2.45, 2.75) is 25.5 Å². The number of anilines is 1. The molecule has 1 aromatic carbocycles. The number of likely N-dealkylation sites (tertiary alicyclic amines) is 1. The molecule has 3 rings (SSSR count). The van der Waals surface area contributed by atoms with Crippen molar-refractivity contribution >= 4 is 5.69 Å². The van der Waals surface area contributed by atoms with Crippen molar-refractivity contribution < 1.29 is 5.11 Å². The van der Waals surface area contributed by atoms with Crippen LogP contribution in [0.2, 0.25) is 0 Å². The number of aliphatic hydroxyl groups is 1. The van der Waals surface area contributed by atoms with E-state index in [2.05, 4.69) is 28.4 Å². The van der Waals surface area contributed by atoms with E-state index in [9.17, 15) is 5.11 Å². The van der Waals surface area contributed by atoms with Crippen LogP contribution in [0.1, 0.15) is 17.5 Å². The smallest absolute Gasteiger partial charge is 0.0679 e. The molecule has 2 aliphatic rings. The second-order valence-electron chi connectivity index (χ2n) is 4.81. The zero-order chi connectivity index (χ0) is 11.0. The van der Waals surface area contributed by atoms with Crippen LogP contribution in [0, 0.1) is 0 Å². The summed E-state index contributed by atoms with van der Waals surface area (Å²) in [6.45, 7) is 3.87. The molecule has 3 nitrogen and oxygen atoms in total. The number of benzene rings is 1. The van der Waals surface area contributed by atoms with Crippen LogP contribution in [0.15, 0.2) is 18.2 Å². The Kier molecular flexibility index (Phi) is 2.58. The second kappa shape index (κ2) is 4.07. The number of nitrogens with one attached hydrogen (secondary N) is 1. The number of fused-ring (bicyclic) bond motifs is 1. The van der Waals surface area contributed by atoms with Crippen molar-refractivity contribution in [3.8, 4) is 0 Å². The van der Waals surface area contributed by atoms with Crippen molar-refractivity contribution in [2.24, 2.45) is 0 Å². The van der Waals surface area contributed by atoms with Gasteiger partial charge < -0.3 is 10.4 Å². The van der Waals surface area contributed by atoms with Crippen LogP contribution in [0.5, 0.6) is 0 Å². The van der Waals surface area contributed by atoms with E-state index in [-0.39, 0.29) is 6.10 Å². The van der Waals surface area contributed by atoms with Crippen molar-refractivity contribution in [3.05, 3.63) is 29.3 Å². The van der Waals surface area contributed by atoms with E-state index in [1.165, 1.54) is 16.8 Å². The van der Waals surface area contributed by atoms with Crippen LogP contribution in [0.25, 0.3) is 0 Å². The highest BCUT2D eigenvalue weighted by Gasteiger charge is 2.22. The summed E-state index contributed by atoms with van der Waals surface area (Å²) in [6, 6.07) is 6.55. The number of nitrogens with zero attached hydrogens (tertiary/aromatic N) is 1. The third-order valence-electron chi connectivity index (χ3n) is 3.57. The van der Waals surface area contributed by atoms with Crippen molar-refractivity contribution in [2.75, 3.05) is 25.0 Å². The van der Waals surface area contributed by atoms with Gasteiger partial charge in [0.25, 0.3) is 0 Å². The Morgan fingerprint density at radius 2 is 2.38 bits per heavy atom. The molecule has 0 aliphatic carbocycles. The van der Waals surface area contributed by atoms with Crippen molar-refractivity contribution in [1.82, 2.24) is 4.90 Å². The van der Waals surface area contributed by atoms with Crippen molar-refractivity contribution in [1.29, 1.82) is 0 Å². The van der Waals surface area contributed by atoms with Crippen LogP contribution in [-0.2, 0) is 13.0 Å². The van der Waals surface area contributed by atoms with Gasteiger partial charge in [-0.15, -0.1) is 0 Å². The number of hydrogen-bond donors (Lipinski definition) is 2. The van der Waals surface area contributed by atoms with Gasteiger partial charge in [0, 0.05) is 31.9 Å². The van der Waals surface area contributed by atoms with E-state index in [1.54, 1.807) is 0 Å². The Hall–Kier alpha value is -1.06. The molecular formula is C13H18N2O. The minimum Gasteiger partial charge on any atom is -0.392 e. The highest BCUT2D eigenvalue weighted by molar-refractivity contribution is 5.61. The topological polar surface area (TPSA) is 35.5 Å². The van der Waals surface area contributed by atoms with Crippen molar-refractivity contribution in [3.63, 3.8) is 0 Å². The predicted molar refractivity (Wildman–Crippen MR) is 64.5 cm³/mol. The maximum Gasteiger partial charge on any atom is 0.0679 e. The molecule has 0 saturated carbocycles. The Morgan fingerprint density at radius 1 is 1.44 bits per heavy atom. The van der Waals surface area contributed by atoms with Gasteiger partial charge in [-0.1, -0.05) is 18.2 Å². The molecule has 1 aromatic rings. The summed E-state index contributed by atoms with van der Waals surface area (Å²) in [6.07, 6.45) is 1.94. The summed E-state index contributed by atoms with van der Waals surface area (Å²) < 4.78 is 0. The maximum absolute atomic E-state index is 9.51. The van der Waals surface area contributed by atoms with E-state index in [0.29, 0.717) is 0 Å². The van der Waals surface area contributed by atoms with Crippen LogP contribution in [0.4, 0.5) is 5.69 Å². The lowest BCUT2D eigenvalue weighted by Gasteiger charge is -2.17. The highest BCUT2D eigenvalue weighted by Crippen LogP contribution is 2.28. The predicted octanol–water partition coefficient (Wildman–Crippen LogP) is 1.22. The highest BCUT2D eigenvalue weighted by atomic mass is 16.3. The van der Waals surface area contributed by atoms with E-state index < -0.39 is 0 Å². The molecule has 1 unspecified atom stereocenters. The molecule has 0 amide bonds. The van der Waals surface area contributed by atoms with Gasteiger partial charge in [0.1, 0.15) is 0 Å². The van der Waals surface area contributed by atoms with Crippen LogP contribution < -0.4 is 5.32 Å². The summed E-state index contributed by atoms with van der Waals surface area (Å²) in [7, 11) is 0. The Labute approximate surface area is 96.1 Å². The number of aliphatic hydroxyl groups excluding tert-OH is 1. The van der Waals surface area contributed by atoms with Gasteiger partial charge in [-0.05, 0) is 24.0 Å². The van der Waals surface area contributed by atoms with Gasteiger partial charge in [-0.2, -0.15) is 0 Å². The molecule has 86 valence electrons. The fraction of sp³-hybridized carbons (Fsp3) is 0.538. The maximum atomic E-state index is 9.51. The van der Waals surface area contributed by atoms with E-state index in [1.807, 2.05) is 0 Å². The zero-order valence-electron chi connectivity index (χ0n) is 9.45. The lowest BCUT2D eigenvalue weighted by Crippen LogP contribution is -2.21. The fourth-order valence-corrected chi connectivity index (χ4v) is 2.74. The molecule has 2 heterocycles. The number of hydrogen-bond acceptors (Lipinski definition) is 3. The summed E-state index contributed by atoms with van der Waals surface area (Å²) in [4.78, 5) is 2.33. The molecule has 3 heteroatoms. The summed E-state index contributed by atoms with van der Waals surface area (Å²) >= 11 is 0. The molecule has 2 N–H and O–H groups in total. The second-order valence-corrected chi connectivity index (χ2v) is 4.81. The number of β-amino-alcohol motifs (C(OH)–C–C–N with tert-alkyl or cyclic N) is 1. The van der Waals surface area contributed by atoms with Gasteiger partial charge in [-0.3, -0.25) is 4.90 Å². The minimum atomic E-state index is -0.121. The summed E-state index contributed by atoms with van der Waals surface area (Å²) in [5.41, 5.74) is 4.16. The molecule has 0 spiro atoms. The lowest BCUT2D eigenvalue weighted by molar-refractivity contribution is 0.175. The average Bonchev–Trinajstić information content (AvgIpc) is 2.87. The standard InChI is InChI=1S/C13H18N2O/c16-12-5-7-15(9-12)8-11-3-1-2-10-4-6-14-13(10)11/h1-3,12,14,16H,4-9H2. The van der Waals surface area contributed by atoms with Gasteiger partial charge in [-0.25, -0.2) is 0 Å². The molecule has 1 fully saturated rings. The zero-order valence-corrected chi connectivity index (χ0v) is 9.45. The molecule has 16 heavy (non-hydrogen) atoms. The normalized spacial score (nSPS) is 24.4. The minimum absolute atomic E-state index is 0.121. The van der Waals surface area contributed by atoms with Gasteiger partial charge in [0.2, 0.25) is 0 Å². The Balaban J connectivity index is 1.77. The third-order valence-corrected chi connectivity index (χ3v) is 3.57. The van der Waals surface area contributed by atoms with Gasteiger partial charge in [0.15, 0.2) is 0 Å². The van der Waals surface area contributed by atoms with Crippen LogP contribution in [-0.4, -0.2) is 35.7 Å². The third kappa shape index (κ3) is 1.81. The molecule has 1 saturated heterocycles. The first kappa shape index (κ1) is 10.1. The Bertz CT molecular complexity index is 392. The molecule has 1 atom stereocenters. The van der Waals surface area contributed by atoms with E-state index in [4.69, 9.17) is 0 Å². The average molecular weight is 218 g/mol. The summed E-state index contributed by atoms with van der Waals surface area (Å²) in [5, 5.41) is 13.0. The Morgan fingerprint density at radius 3 is 3.19 bits per heavy atom. The fourth-order valence-electron chi connectivity index (χ4n) is 2.74. The number of para-hydroxylation sites is 1. The van der Waals surface area contributed by atoms with Gasteiger partial charge >= 0.3 is 0 Å². The first-order valence-corrected chi connectivity index (χ1v) is 6.08. The van der Waals surface area contributed by atoms with Crippen LogP contribution in [0.3, 0.4) is 0 Å². The molecule has 2 aliphatic heterocycles. The van der Waals surface area contributed by atoms with Gasteiger partial charge in [0.05, 0.1) is 6.10 Å². The van der Waals surface area contributed by atoms with Crippen LogP contribution >= 0.6 is 0 Å². The first-order valence-electron chi connectivity index (χ1n) is 6.08. The lowest BCUT2D eigenvalue weighted by atomic mass is 10.1. The van der Waals surface area contributed by atoms with E-state index >= 15 is 0 Å². The number of rotatable bonds is 2. The largest absolute Gasteiger partial charge is 0.392 e. The molecule has 0 aromatic heterocycles. The molecular weight excluding hydrogens is 200 g/mol. The molecule has 0 radical (unpaired) electrons. The van der Waals surface area contributed by atoms with E-state index in [0.717, 1.165) is 39.0 Å². The summed E-state index contributed by atoms with van der Waals surface area (Å²) in [5.74, 6) is 0. The SMILES string of the molecule is OC1CCN(Cc2cccc3c2NCC3)C1.